The molecule has 1 saturated heterocycles. The molecule has 0 unspecified atom stereocenters. The summed E-state index contributed by atoms with van der Waals surface area (Å²) in [5.74, 6) is 2.02. The molecule has 6 heteroatoms. The molecule has 0 bridgehead atoms. The molecule has 1 aliphatic rings. The minimum atomic E-state index is -0.0213. The van der Waals surface area contributed by atoms with Crippen LogP contribution < -0.4 is 15.0 Å². The zero-order chi connectivity index (χ0) is 18.9. The number of rotatable bonds is 8. The van der Waals surface area contributed by atoms with Crippen molar-refractivity contribution in [3.63, 3.8) is 0 Å². The van der Waals surface area contributed by atoms with Crippen LogP contribution in [0.4, 0.5) is 5.82 Å². The van der Waals surface area contributed by atoms with E-state index >= 15 is 0 Å². The Morgan fingerprint density at radius 1 is 1.22 bits per heavy atom. The SMILES string of the molecule is CCCCCNC(=O)[C@H]1CCCN(c2nccnc2Oc2ccccc2)C1. The molecule has 0 saturated carbocycles. The maximum absolute atomic E-state index is 12.5. The van der Waals surface area contributed by atoms with Gasteiger partial charge in [0.25, 0.3) is 5.88 Å². The van der Waals surface area contributed by atoms with Crippen LogP contribution >= 0.6 is 0 Å². The summed E-state index contributed by atoms with van der Waals surface area (Å²) in [6, 6.07) is 9.57. The zero-order valence-corrected chi connectivity index (χ0v) is 15.9. The summed E-state index contributed by atoms with van der Waals surface area (Å²) in [4.78, 5) is 23.5. The van der Waals surface area contributed by atoms with Crippen molar-refractivity contribution in [1.82, 2.24) is 15.3 Å². The summed E-state index contributed by atoms with van der Waals surface area (Å²) in [5, 5.41) is 3.08. The third-order valence-electron chi connectivity index (χ3n) is 4.78. The maximum atomic E-state index is 12.5. The van der Waals surface area contributed by atoms with Gasteiger partial charge in [-0.1, -0.05) is 38.0 Å². The first-order valence-electron chi connectivity index (χ1n) is 9.84. The van der Waals surface area contributed by atoms with Crippen molar-refractivity contribution >= 4 is 11.7 Å². The Bertz CT molecular complexity index is 723. The predicted octanol–water partition coefficient (Wildman–Crippen LogP) is 3.79. The smallest absolute Gasteiger partial charge is 0.263 e. The van der Waals surface area contributed by atoms with Crippen LogP contribution in [0.2, 0.25) is 0 Å². The number of carbonyl (C=O) groups excluding carboxylic acids is 1. The van der Waals surface area contributed by atoms with Gasteiger partial charge in [-0.05, 0) is 31.4 Å². The lowest BCUT2D eigenvalue weighted by Crippen LogP contribution is -2.43. The van der Waals surface area contributed by atoms with Gasteiger partial charge in [0.05, 0.1) is 5.92 Å². The number of hydrogen-bond acceptors (Lipinski definition) is 5. The Labute approximate surface area is 161 Å². The largest absolute Gasteiger partial charge is 0.436 e. The minimum absolute atomic E-state index is 0.0213. The molecule has 2 heterocycles. The molecule has 2 aromatic rings. The number of para-hydroxylation sites is 1. The molecule has 0 radical (unpaired) electrons. The van der Waals surface area contributed by atoms with E-state index in [1.807, 2.05) is 30.3 Å². The van der Waals surface area contributed by atoms with Crippen LogP contribution in [0.3, 0.4) is 0 Å². The molecule has 0 aliphatic carbocycles. The van der Waals surface area contributed by atoms with E-state index in [4.69, 9.17) is 4.74 Å². The molecule has 0 spiro atoms. The van der Waals surface area contributed by atoms with E-state index in [9.17, 15) is 4.79 Å². The topological polar surface area (TPSA) is 67.4 Å². The summed E-state index contributed by atoms with van der Waals surface area (Å²) in [5.41, 5.74) is 0. The number of anilines is 1. The fraction of sp³-hybridized carbons (Fsp3) is 0.476. The fourth-order valence-electron chi connectivity index (χ4n) is 3.32. The first-order chi connectivity index (χ1) is 13.3. The zero-order valence-electron chi connectivity index (χ0n) is 15.9. The Kier molecular flexibility index (Phi) is 7.02. The number of carbonyl (C=O) groups is 1. The first-order valence-corrected chi connectivity index (χ1v) is 9.84. The van der Waals surface area contributed by atoms with E-state index in [1.165, 1.54) is 0 Å². The average Bonchev–Trinajstić information content (AvgIpc) is 2.72. The molecule has 1 amide bonds. The molecule has 1 aliphatic heterocycles. The lowest BCUT2D eigenvalue weighted by Gasteiger charge is -2.33. The molecular formula is C21H28N4O2. The number of ether oxygens (including phenoxy) is 1. The second-order valence-electron chi connectivity index (χ2n) is 6.88. The van der Waals surface area contributed by atoms with Crippen molar-refractivity contribution in [3.05, 3.63) is 42.7 Å². The molecule has 1 N–H and O–H groups in total. The highest BCUT2D eigenvalue weighted by atomic mass is 16.5. The van der Waals surface area contributed by atoms with E-state index in [0.29, 0.717) is 18.2 Å². The van der Waals surface area contributed by atoms with Gasteiger partial charge in [-0.3, -0.25) is 4.79 Å². The van der Waals surface area contributed by atoms with Crippen molar-refractivity contribution in [3.8, 4) is 11.6 Å². The quantitative estimate of drug-likeness (QED) is 0.718. The number of unbranched alkanes of at least 4 members (excludes halogenated alkanes) is 2. The summed E-state index contributed by atoms with van der Waals surface area (Å²) >= 11 is 0. The van der Waals surface area contributed by atoms with E-state index in [2.05, 4.69) is 27.1 Å². The Morgan fingerprint density at radius 2 is 2.04 bits per heavy atom. The van der Waals surface area contributed by atoms with Gasteiger partial charge in [0, 0.05) is 32.0 Å². The highest BCUT2D eigenvalue weighted by Crippen LogP contribution is 2.30. The van der Waals surface area contributed by atoms with Crippen molar-refractivity contribution < 1.29 is 9.53 Å². The second kappa shape index (κ2) is 9.90. The normalized spacial score (nSPS) is 16.8. The third kappa shape index (κ3) is 5.42. The molecular weight excluding hydrogens is 340 g/mol. The highest BCUT2D eigenvalue weighted by Gasteiger charge is 2.28. The van der Waals surface area contributed by atoms with Gasteiger partial charge < -0.3 is 15.0 Å². The lowest BCUT2D eigenvalue weighted by atomic mass is 9.97. The monoisotopic (exact) mass is 368 g/mol. The van der Waals surface area contributed by atoms with Crippen LogP contribution in [0.1, 0.15) is 39.0 Å². The lowest BCUT2D eigenvalue weighted by molar-refractivity contribution is -0.125. The van der Waals surface area contributed by atoms with Crippen molar-refractivity contribution in [1.29, 1.82) is 0 Å². The Balaban J connectivity index is 1.65. The molecule has 1 aromatic heterocycles. The van der Waals surface area contributed by atoms with Crippen LogP contribution in [0, 0.1) is 5.92 Å². The van der Waals surface area contributed by atoms with Crippen molar-refractivity contribution in [2.45, 2.75) is 39.0 Å². The van der Waals surface area contributed by atoms with Gasteiger partial charge >= 0.3 is 0 Å². The Morgan fingerprint density at radius 3 is 2.85 bits per heavy atom. The van der Waals surface area contributed by atoms with Gasteiger partial charge in [-0.2, -0.15) is 0 Å². The number of aromatic nitrogens is 2. The summed E-state index contributed by atoms with van der Waals surface area (Å²) in [7, 11) is 0. The van der Waals surface area contributed by atoms with E-state index in [1.54, 1.807) is 12.4 Å². The predicted molar refractivity (Wildman–Crippen MR) is 106 cm³/mol. The molecule has 1 fully saturated rings. The third-order valence-corrected chi connectivity index (χ3v) is 4.78. The molecule has 144 valence electrons. The number of benzene rings is 1. The van der Waals surface area contributed by atoms with E-state index < -0.39 is 0 Å². The molecule has 1 atom stereocenters. The maximum Gasteiger partial charge on any atom is 0.263 e. The van der Waals surface area contributed by atoms with Gasteiger partial charge in [0.15, 0.2) is 5.82 Å². The molecule has 6 nitrogen and oxygen atoms in total. The van der Waals surface area contributed by atoms with Crippen LogP contribution in [0.25, 0.3) is 0 Å². The number of nitrogens with one attached hydrogen (secondary N) is 1. The number of nitrogens with zero attached hydrogens (tertiary/aromatic N) is 3. The van der Waals surface area contributed by atoms with Gasteiger partial charge in [-0.15, -0.1) is 0 Å². The number of amides is 1. The van der Waals surface area contributed by atoms with Crippen LogP contribution in [0.15, 0.2) is 42.7 Å². The van der Waals surface area contributed by atoms with Crippen LogP contribution in [-0.4, -0.2) is 35.5 Å². The second-order valence-corrected chi connectivity index (χ2v) is 6.88. The average molecular weight is 368 g/mol. The van der Waals surface area contributed by atoms with Gasteiger partial charge in [0.1, 0.15) is 5.75 Å². The standard InChI is InChI=1S/C21H28N4O2/c1-2-3-7-12-23-20(26)17-9-8-15-25(16-17)19-21(24-14-13-22-19)27-18-10-5-4-6-11-18/h4-6,10-11,13-14,17H,2-3,7-9,12,15-16H2,1H3,(H,23,26)/t17-/m0/s1. The fourth-order valence-corrected chi connectivity index (χ4v) is 3.32. The first kappa shape index (κ1) is 19.1. The van der Waals surface area contributed by atoms with Gasteiger partial charge in [-0.25, -0.2) is 9.97 Å². The molecule has 3 rings (SSSR count). The van der Waals surface area contributed by atoms with Gasteiger partial charge in [0.2, 0.25) is 5.91 Å². The van der Waals surface area contributed by atoms with Crippen LogP contribution in [0.5, 0.6) is 11.6 Å². The molecule has 1 aromatic carbocycles. The summed E-state index contributed by atoms with van der Waals surface area (Å²) in [6.45, 7) is 4.42. The number of hydrogen-bond donors (Lipinski definition) is 1. The number of piperidine rings is 1. The van der Waals surface area contributed by atoms with Crippen molar-refractivity contribution in [2.24, 2.45) is 5.92 Å². The molecule has 27 heavy (non-hydrogen) atoms. The summed E-state index contributed by atoms with van der Waals surface area (Å²) < 4.78 is 5.93. The Hall–Kier alpha value is -2.63. The van der Waals surface area contributed by atoms with Crippen LogP contribution in [-0.2, 0) is 4.79 Å². The highest BCUT2D eigenvalue weighted by molar-refractivity contribution is 5.79. The summed E-state index contributed by atoms with van der Waals surface area (Å²) in [6.07, 6.45) is 8.50. The van der Waals surface area contributed by atoms with E-state index in [0.717, 1.165) is 50.9 Å². The van der Waals surface area contributed by atoms with E-state index in [-0.39, 0.29) is 11.8 Å². The minimum Gasteiger partial charge on any atom is -0.436 e. The van der Waals surface area contributed by atoms with Crippen molar-refractivity contribution in [2.75, 3.05) is 24.5 Å².